The average Bonchev–Trinajstić information content (AvgIpc) is 2.85. The summed E-state index contributed by atoms with van der Waals surface area (Å²) in [6.45, 7) is 7.37. The minimum atomic E-state index is -4.44. The predicted octanol–water partition coefficient (Wildman–Crippen LogP) is 5.95. The molecule has 3 aromatic rings. The van der Waals surface area contributed by atoms with Crippen LogP contribution in [0.4, 0.5) is 42.1 Å². The number of unbranched alkanes of at least 4 members (excludes halogenated alkanes) is 1. The quantitative estimate of drug-likeness (QED) is 0.392. The molecule has 0 amide bonds. The van der Waals surface area contributed by atoms with Crippen molar-refractivity contribution in [1.29, 1.82) is 0 Å². The van der Waals surface area contributed by atoms with Crippen LogP contribution in [0.15, 0.2) is 48.8 Å². The molecule has 2 N–H and O–H groups in total. The summed E-state index contributed by atoms with van der Waals surface area (Å²) in [5, 5.41) is 6.01. The van der Waals surface area contributed by atoms with Gasteiger partial charge in [-0.2, -0.15) is 18.2 Å². The Balaban J connectivity index is 1.39. The minimum absolute atomic E-state index is 0.175. The minimum Gasteiger partial charge on any atom is -0.368 e. The molecular weight excluding hydrogens is 479 g/mol. The van der Waals surface area contributed by atoms with Crippen LogP contribution in [-0.2, 0) is 6.18 Å². The Morgan fingerprint density at radius 2 is 1.80 bits per heavy atom. The predicted molar refractivity (Wildman–Crippen MR) is 133 cm³/mol. The highest BCUT2D eigenvalue weighted by Crippen LogP contribution is 2.32. The monoisotopic (exact) mass is 505 g/mol. The molecule has 11 heteroatoms. The second-order valence-electron chi connectivity index (χ2n) is 8.30. The van der Waals surface area contributed by atoms with Crippen molar-refractivity contribution in [2.45, 2.75) is 25.9 Å². The molecule has 1 fully saturated rings. The molecule has 0 radical (unpaired) electrons. The van der Waals surface area contributed by atoms with Gasteiger partial charge >= 0.3 is 6.18 Å². The lowest BCUT2D eigenvalue weighted by molar-refractivity contribution is -0.137. The van der Waals surface area contributed by atoms with Crippen molar-refractivity contribution in [2.24, 2.45) is 0 Å². The molecular formula is C24H27ClF3N7. The summed E-state index contributed by atoms with van der Waals surface area (Å²) < 4.78 is 39.0. The van der Waals surface area contributed by atoms with Crippen molar-refractivity contribution >= 4 is 40.6 Å². The van der Waals surface area contributed by atoms with Crippen LogP contribution >= 0.6 is 11.6 Å². The lowest BCUT2D eigenvalue weighted by atomic mass is 10.2. The Morgan fingerprint density at radius 3 is 2.49 bits per heavy atom. The van der Waals surface area contributed by atoms with E-state index in [-0.39, 0.29) is 22.5 Å². The molecule has 0 spiro atoms. The largest absolute Gasteiger partial charge is 0.416 e. The number of rotatable bonds is 8. The molecule has 1 aliphatic rings. The summed E-state index contributed by atoms with van der Waals surface area (Å²) in [6, 6.07) is 8.66. The maximum atomic E-state index is 13.0. The van der Waals surface area contributed by atoms with Gasteiger partial charge in [0, 0.05) is 31.9 Å². The maximum absolute atomic E-state index is 13.0. The standard InChI is InChI=1S/C24H27ClF3N7/c1-2-3-9-34-10-12-35(13-11-34)19-7-8-21(29-15-19)32-23-30-16-20(25)22(33-23)31-18-6-4-5-17(14-18)24(26,27)28/h4-8,14-16H,2-3,9-13H2,1H3,(H2,29,30,31,32,33). The van der Waals surface area contributed by atoms with Gasteiger partial charge in [0.2, 0.25) is 5.95 Å². The van der Waals surface area contributed by atoms with Gasteiger partial charge in [0.15, 0.2) is 5.82 Å². The van der Waals surface area contributed by atoms with Crippen molar-refractivity contribution in [2.75, 3.05) is 48.3 Å². The Bertz CT molecular complexity index is 1120. The lowest BCUT2D eigenvalue weighted by Gasteiger charge is -2.35. The second kappa shape index (κ2) is 11.1. The van der Waals surface area contributed by atoms with Crippen LogP contribution in [0.2, 0.25) is 5.02 Å². The number of alkyl halides is 3. The van der Waals surface area contributed by atoms with Crippen LogP contribution in [0.5, 0.6) is 0 Å². The van der Waals surface area contributed by atoms with Gasteiger partial charge in [-0.25, -0.2) is 9.97 Å². The molecule has 0 atom stereocenters. The van der Waals surface area contributed by atoms with Crippen molar-refractivity contribution in [3.63, 3.8) is 0 Å². The van der Waals surface area contributed by atoms with Crippen LogP contribution in [0, 0.1) is 0 Å². The normalized spacial score (nSPS) is 14.7. The van der Waals surface area contributed by atoms with Crippen molar-refractivity contribution < 1.29 is 13.2 Å². The molecule has 1 aliphatic heterocycles. The highest BCUT2D eigenvalue weighted by atomic mass is 35.5. The van der Waals surface area contributed by atoms with Crippen LogP contribution in [0.3, 0.4) is 0 Å². The van der Waals surface area contributed by atoms with Gasteiger partial charge in [0.25, 0.3) is 0 Å². The molecule has 1 saturated heterocycles. The van der Waals surface area contributed by atoms with Crippen LogP contribution in [0.1, 0.15) is 25.3 Å². The van der Waals surface area contributed by atoms with E-state index in [9.17, 15) is 13.2 Å². The zero-order chi connectivity index (χ0) is 24.8. The summed E-state index contributed by atoms with van der Waals surface area (Å²) in [5.74, 6) is 0.942. The Kier molecular flexibility index (Phi) is 7.92. The topological polar surface area (TPSA) is 69.2 Å². The molecule has 0 unspecified atom stereocenters. The molecule has 1 aromatic carbocycles. The number of anilines is 5. The molecule has 186 valence electrons. The third kappa shape index (κ3) is 6.73. The van der Waals surface area contributed by atoms with E-state index in [1.807, 2.05) is 18.3 Å². The molecule has 0 bridgehead atoms. The van der Waals surface area contributed by atoms with Crippen LogP contribution < -0.4 is 15.5 Å². The molecule has 35 heavy (non-hydrogen) atoms. The highest BCUT2D eigenvalue weighted by Gasteiger charge is 2.30. The molecule has 0 aliphatic carbocycles. The molecule has 3 heterocycles. The Labute approximate surface area is 207 Å². The van der Waals surface area contributed by atoms with Gasteiger partial charge in [-0.3, -0.25) is 4.90 Å². The summed E-state index contributed by atoms with van der Waals surface area (Å²) in [4.78, 5) is 17.7. The Morgan fingerprint density at radius 1 is 1.00 bits per heavy atom. The van der Waals surface area contributed by atoms with Gasteiger partial charge in [-0.05, 0) is 43.3 Å². The number of hydrogen-bond donors (Lipinski definition) is 2. The highest BCUT2D eigenvalue weighted by molar-refractivity contribution is 6.32. The Hall–Kier alpha value is -3.11. The lowest BCUT2D eigenvalue weighted by Crippen LogP contribution is -2.46. The fraction of sp³-hybridized carbons (Fsp3) is 0.375. The number of nitrogens with one attached hydrogen (secondary N) is 2. The number of piperazine rings is 1. The third-order valence-corrected chi connectivity index (χ3v) is 6.03. The fourth-order valence-corrected chi connectivity index (χ4v) is 3.94. The van der Waals surface area contributed by atoms with Crippen molar-refractivity contribution in [3.8, 4) is 0 Å². The average molecular weight is 506 g/mol. The number of nitrogens with zero attached hydrogens (tertiary/aromatic N) is 5. The number of hydrogen-bond acceptors (Lipinski definition) is 7. The van der Waals surface area contributed by atoms with E-state index in [0.29, 0.717) is 5.82 Å². The van der Waals surface area contributed by atoms with E-state index in [0.717, 1.165) is 50.5 Å². The van der Waals surface area contributed by atoms with Crippen LogP contribution in [-0.4, -0.2) is 52.6 Å². The molecule has 2 aromatic heterocycles. The van der Waals surface area contributed by atoms with Gasteiger partial charge in [0.1, 0.15) is 10.8 Å². The molecule has 0 saturated carbocycles. The maximum Gasteiger partial charge on any atom is 0.416 e. The first kappa shape index (κ1) is 25.0. The first-order chi connectivity index (χ1) is 16.8. The fourth-order valence-electron chi connectivity index (χ4n) is 3.80. The van der Waals surface area contributed by atoms with E-state index in [1.165, 1.54) is 31.2 Å². The smallest absolute Gasteiger partial charge is 0.368 e. The van der Waals surface area contributed by atoms with E-state index in [2.05, 4.69) is 42.3 Å². The summed E-state index contributed by atoms with van der Waals surface area (Å²) >= 11 is 6.16. The summed E-state index contributed by atoms with van der Waals surface area (Å²) in [5.41, 5.74) is 0.496. The van der Waals surface area contributed by atoms with Crippen LogP contribution in [0.25, 0.3) is 0 Å². The van der Waals surface area contributed by atoms with E-state index in [4.69, 9.17) is 11.6 Å². The van der Waals surface area contributed by atoms with E-state index < -0.39 is 11.7 Å². The zero-order valence-corrected chi connectivity index (χ0v) is 20.1. The van der Waals surface area contributed by atoms with Crippen molar-refractivity contribution in [3.05, 3.63) is 59.4 Å². The van der Waals surface area contributed by atoms with Gasteiger partial charge in [-0.15, -0.1) is 0 Å². The van der Waals surface area contributed by atoms with Gasteiger partial charge < -0.3 is 15.5 Å². The SMILES string of the molecule is CCCCN1CCN(c2ccc(Nc3ncc(Cl)c(Nc4cccc(C(F)(F)F)c4)n3)nc2)CC1. The number of benzene rings is 1. The molecule has 7 nitrogen and oxygen atoms in total. The van der Waals surface area contributed by atoms with E-state index in [1.54, 1.807) is 0 Å². The molecule has 4 rings (SSSR count). The first-order valence-electron chi connectivity index (χ1n) is 11.5. The van der Waals surface area contributed by atoms with E-state index >= 15 is 0 Å². The number of pyridine rings is 1. The number of aromatic nitrogens is 3. The first-order valence-corrected chi connectivity index (χ1v) is 11.9. The van der Waals surface area contributed by atoms with Gasteiger partial charge in [-0.1, -0.05) is 31.0 Å². The van der Waals surface area contributed by atoms with Crippen molar-refractivity contribution in [1.82, 2.24) is 19.9 Å². The second-order valence-corrected chi connectivity index (χ2v) is 8.71. The number of halogens is 4. The summed E-state index contributed by atoms with van der Waals surface area (Å²) in [6.07, 6.45) is 1.17. The van der Waals surface area contributed by atoms with Gasteiger partial charge in [0.05, 0.1) is 23.6 Å². The third-order valence-electron chi connectivity index (χ3n) is 5.75. The zero-order valence-electron chi connectivity index (χ0n) is 19.3. The summed E-state index contributed by atoms with van der Waals surface area (Å²) in [7, 11) is 0.